The Labute approximate surface area is 130 Å². The van der Waals surface area contributed by atoms with Crippen molar-refractivity contribution < 1.29 is 4.79 Å². The molecule has 1 heterocycles. The second-order valence-electron chi connectivity index (χ2n) is 6.34. The van der Waals surface area contributed by atoms with Crippen LogP contribution in [0.3, 0.4) is 0 Å². The number of hydrogen-bond acceptors (Lipinski definition) is 3. The predicted molar refractivity (Wildman–Crippen MR) is 84.2 cm³/mol. The van der Waals surface area contributed by atoms with Gasteiger partial charge in [-0.1, -0.05) is 25.7 Å². The van der Waals surface area contributed by atoms with Crippen LogP contribution in [-0.2, 0) is 11.2 Å². The van der Waals surface area contributed by atoms with Crippen molar-refractivity contribution >= 4 is 17.2 Å². The number of nitrogens with one attached hydrogen (secondary N) is 1. The number of thiophene rings is 1. The molecule has 112 valence electrons. The quantitative estimate of drug-likeness (QED) is 0.842. The van der Waals surface area contributed by atoms with Crippen LogP contribution in [0.5, 0.6) is 0 Å². The van der Waals surface area contributed by atoms with Crippen LogP contribution >= 0.6 is 11.3 Å². The minimum Gasteiger partial charge on any atom is -0.337 e. The SMILES string of the molecule is N#CC1(NC(=O)C2CCCc3sccc32)CCCCCC1. The first-order valence-corrected chi connectivity index (χ1v) is 8.92. The second-order valence-corrected chi connectivity index (χ2v) is 7.34. The summed E-state index contributed by atoms with van der Waals surface area (Å²) >= 11 is 1.76. The van der Waals surface area contributed by atoms with Crippen LogP contribution in [0.4, 0.5) is 0 Å². The molecule has 4 heteroatoms. The molecule has 1 saturated carbocycles. The number of amides is 1. The Morgan fingerprint density at radius 3 is 2.76 bits per heavy atom. The van der Waals surface area contributed by atoms with Crippen molar-refractivity contribution in [3.8, 4) is 6.07 Å². The van der Waals surface area contributed by atoms with Gasteiger partial charge in [-0.2, -0.15) is 5.26 Å². The van der Waals surface area contributed by atoms with E-state index in [9.17, 15) is 10.1 Å². The van der Waals surface area contributed by atoms with E-state index in [2.05, 4.69) is 22.8 Å². The van der Waals surface area contributed by atoms with Gasteiger partial charge in [0.25, 0.3) is 0 Å². The molecule has 0 radical (unpaired) electrons. The lowest BCUT2D eigenvalue weighted by Gasteiger charge is -2.30. The van der Waals surface area contributed by atoms with Crippen molar-refractivity contribution in [2.24, 2.45) is 0 Å². The Bertz CT molecular complexity index is 549. The highest BCUT2D eigenvalue weighted by Gasteiger charge is 2.36. The van der Waals surface area contributed by atoms with E-state index in [0.717, 1.165) is 44.9 Å². The normalized spacial score (nSPS) is 24.4. The van der Waals surface area contributed by atoms with Crippen molar-refractivity contribution in [2.75, 3.05) is 0 Å². The van der Waals surface area contributed by atoms with Crippen LogP contribution in [0.15, 0.2) is 11.4 Å². The summed E-state index contributed by atoms with van der Waals surface area (Å²) < 4.78 is 0. The van der Waals surface area contributed by atoms with Crippen LogP contribution in [-0.4, -0.2) is 11.4 Å². The summed E-state index contributed by atoms with van der Waals surface area (Å²) in [4.78, 5) is 14.1. The van der Waals surface area contributed by atoms with Crippen LogP contribution in [0, 0.1) is 11.3 Å². The lowest BCUT2D eigenvalue weighted by atomic mass is 9.85. The van der Waals surface area contributed by atoms with Gasteiger partial charge in [0.15, 0.2) is 0 Å². The van der Waals surface area contributed by atoms with E-state index < -0.39 is 5.54 Å². The predicted octanol–water partition coefficient (Wildman–Crippen LogP) is 3.90. The molecule has 1 unspecified atom stereocenters. The second kappa shape index (κ2) is 6.19. The Kier molecular flexibility index (Phi) is 4.30. The van der Waals surface area contributed by atoms with Gasteiger partial charge in [0, 0.05) is 4.88 Å². The summed E-state index contributed by atoms with van der Waals surface area (Å²) in [7, 11) is 0. The average molecular weight is 302 g/mol. The molecule has 1 atom stereocenters. The lowest BCUT2D eigenvalue weighted by Crippen LogP contribution is -2.49. The number of aryl methyl sites for hydroxylation is 1. The monoisotopic (exact) mass is 302 g/mol. The number of fused-ring (bicyclic) bond motifs is 1. The van der Waals surface area contributed by atoms with Gasteiger partial charge in [-0.3, -0.25) is 4.79 Å². The van der Waals surface area contributed by atoms with Gasteiger partial charge in [-0.25, -0.2) is 0 Å². The average Bonchev–Trinajstić information content (AvgIpc) is 2.87. The Balaban J connectivity index is 1.76. The van der Waals surface area contributed by atoms with Crippen molar-refractivity contribution in [3.05, 3.63) is 21.9 Å². The molecule has 0 aromatic carbocycles. The van der Waals surface area contributed by atoms with Crippen LogP contribution in [0.2, 0.25) is 0 Å². The number of hydrogen-bond donors (Lipinski definition) is 1. The van der Waals surface area contributed by atoms with Crippen LogP contribution in [0.25, 0.3) is 0 Å². The minimum atomic E-state index is -0.624. The van der Waals surface area contributed by atoms with Gasteiger partial charge >= 0.3 is 0 Å². The molecule has 0 saturated heterocycles. The van der Waals surface area contributed by atoms with Gasteiger partial charge in [-0.05, 0) is 49.1 Å². The van der Waals surface area contributed by atoms with E-state index in [1.54, 1.807) is 11.3 Å². The number of carbonyl (C=O) groups excluding carboxylic acids is 1. The zero-order chi connectivity index (χ0) is 14.7. The molecular formula is C17H22N2OS. The summed E-state index contributed by atoms with van der Waals surface area (Å²) in [5.74, 6) is 0.0197. The van der Waals surface area contributed by atoms with E-state index in [4.69, 9.17) is 0 Å². The molecule has 2 aliphatic rings. The summed E-state index contributed by atoms with van der Waals surface area (Å²) in [5.41, 5.74) is 0.576. The number of carbonyl (C=O) groups is 1. The summed E-state index contributed by atoms with van der Waals surface area (Å²) in [6.07, 6.45) is 9.14. The van der Waals surface area contributed by atoms with E-state index >= 15 is 0 Å². The topological polar surface area (TPSA) is 52.9 Å². The summed E-state index contributed by atoms with van der Waals surface area (Å²) in [6, 6.07) is 4.51. The standard InChI is InChI=1S/C17H22N2OS/c18-12-17(9-3-1-2-4-10-17)19-16(20)14-6-5-7-15-13(14)8-11-21-15/h8,11,14H,1-7,9-10H2,(H,19,20). The third-order valence-corrected chi connectivity index (χ3v) is 5.90. The maximum absolute atomic E-state index is 12.7. The molecule has 1 amide bonds. The van der Waals surface area contributed by atoms with Crippen molar-refractivity contribution in [2.45, 2.75) is 69.2 Å². The fourth-order valence-electron chi connectivity index (χ4n) is 3.68. The molecule has 1 N–H and O–H groups in total. The Morgan fingerprint density at radius 1 is 1.29 bits per heavy atom. The molecule has 0 bridgehead atoms. The Hall–Kier alpha value is -1.34. The number of rotatable bonds is 2. The van der Waals surface area contributed by atoms with E-state index in [-0.39, 0.29) is 11.8 Å². The zero-order valence-electron chi connectivity index (χ0n) is 12.4. The largest absolute Gasteiger partial charge is 0.337 e. The molecule has 0 spiro atoms. The molecule has 2 aliphatic carbocycles. The molecular weight excluding hydrogens is 280 g/mol. The minimum absolute atomic E-state index is 0.0477. The van der Waals surface area contributed by atoms with Crippen molar-refractivity contribution in [3.63, 3.8) is 0 Å². The molecule has 3 rings (SSSR count). The maximum Gasteiger partial charge on any atom is 0.228 e. The highest BCUT2D eigenvalue weighted by Crippen LogP contribution is 2.36. The van der Waals surface area contributed by atoms with Crippen molar-refractivity contribution in [1.82, 2.24) is 5.32 Å². The highest BCUT2D eigenvalue weighted by atomic mass is 32.1. The van der Waals surface area contributed by atoms with Crippen LogP contribution in [0.1, 0.15) is 67.7 Å². The third-order valence-electron chi connectivity index (χ3n) is 4.90. The molecule has 1 aromatic heterocycles. The number of nitrogens with zero attached hydrogens (tertiary/aromatic N) is 1. The highest BCUT2D eigenvalue weighted by molar-refractivity contribution is 7.10. The van der Waals surface area contributed by atoms with Gasteiger partial charge in [-0.15, -0.1) is 11.3 Å². The van der Waals surface area contributed by atoms with Gasteiger partial charge in [0.2, 0.25) is 5.91 Å². The molecule has 3 nitrogen and oxygen atoms in total. The zero-order valence-corrected chi connectivity index (χ0v) is 13.2. The summed E-state index contributed by atoms with van der Waals surface area (Å²) in [6.45, 7) is 0. The molecule has 1 fully saturated rings. The smallest absolute Gasteiger partial charge is 0.228 e. The first-order valence-electron chi connectivity index (χ1n) is 8.04. The van der Waals surface area contributed by atoms with E-state index in [1.165, 1.54) is 23.3 Å². The third kappa shape index (κ3) is 2.98. The molecule has 21 heavy (non-hydrogen) atoms. The lowest BCUT2D eigenvalue weighted by molar-refractivity contribution is -0.124. The Morgan fingerprint density at radius 2 is 2.05 bits per heavy atom. The molecule has 1 aromatic rings. The van der Waals surface area contributed by atoms with E-state index in [1.807, 2.05) is 0 Å². The van der Waals surface area contributed by atoms with Gasteiger partial charge in [0.05, 0.1) is 12.0 Å². The fraction of sp³-hybridized carbons (Fsp3) is 0.647. The van der Waals surface area contributed by atoms with Gasteiger partial charge in [0.1, 0.15) is 5.54 Å². The van der Waals surface area contributed by atoms with Crippen molar-refractivity contribution in [1.29, 1.82) is 5.26 Å². The van der Waals surface area contributed by atoms with Crippen LogP contribution < -0.4 is 5.32 Å². The number of nitriles is 1. The first-order chi connectivity index (χ1) is 10.2. The van der Waals surface area contributed by atoms with E-state index in [0.29, 0.717) is 0 Å². The fourth-order valence-corrected chi connectivity index (χ4v) is 4.67. The first kappa shape index (κ1) is 14.6. The van der Waals surface area contributed by atoms with Gasteiger partial charge < -0.3 is 5.32 Å². The summed E-state index contributed by atoms with van der Waals surface area (Å²) in [5, 5.41) is 14.8. The maximum atomic E-state index is 12.7. The molecule has 0 aliphatic heterocycles.